The fourth-order valence-electron chi connectivity index (χ4n) is 2.14. The van der Waals surface area contributed by atoms with Crippen LogP contribution >= 0.6 is 11.8 Å². The van der Waals surface area contributed by atoms with Gasteiger partial charge in [-0.3, -0.25) is 0 Å². The Morgan fingerprint density at radius 2 is 1.67 bits per heavy atom. The monoisotopic (exact) mass is 303 g/mol. The molecule has 0 amide bonds. The molecular formula is C18H22FNS. The normalized spacial score (nSPS) is 11.7. The van der Waals surface area contributed by atoms with Crippen molar-refractivity contribution in [3.05, 3.63) is 65.0 Å². The van der Waals surface area contributed by atoms with Crippen LogP contribution in [0.5, 0.6) is 0 Å². The highest BCUT2D eigenvalue weighted by atomic mass is 32.2. The van der Waals surface area contributed by atoms with E-state index >= 15 is 0 Å². The third kappa shape index (κ3) is 4.32. The van der Waals surface area contributed by atoms with Crippen molar-refractivity contribution in [3.63, 3.8) is 0 Å². The Balaban J connectivity index is 2.08. The standard InChI is InChI=1S/C18H22FNS/c1-18(2,3)15-5-8-17(9-6-15)21-12-14-10-16(19)7-4-13(14)11-20/h4-10H,11-12,20H2,1-3H3. The Morgan fingerprint density at radius 3 is 2.24 bits per heavy atom. The summed E-state index contributed by atoms with van der Waals surface area (Å²) in [5.41, 5.74) is 9.17. The average molecular weight is 303 g/mol. The highest BCUT2D eigenvalue weighted by Gasteiger charge is 2.13. The predicted octanol–water partition coefficient (Wildman–Crippen LogP) is 4.87. The molecule has 0 unspecified atom stereocenters. The smallest absolute Gasteiger partial charge is 0.123 e. The first-order valence-corrected chi connectivity index (χ1v) is 8.09. The van der Waals surface area contributed by atoms with Gasteiger partial charge in [-0.05, 0) is 46.4 Å². The number of rotatable bonds is 4. The highest BCUT2D eigenvalue weighted by molar-refractivity contribution is 7.98. The van der Waals surface area contributed by atoms with Gasteiger partial charge in [0.2, 0.25) is 0 Å². The molecule has 0 saturated carbocycles. The summed E-state index contributed by atoms with van der Waals surface area (Å²) in [5, 5.41) is 0. The number of hydrogen-bond acceptors (Lipinski definition) is 2. The number of hydrogen-bond donors (Lipinski definition) is 1. The van der Waals surface area contributed by atoms with E-state index in [9.17, 15) is 4.39 Å². The van der Waals surface area contributed by atoms with Gasteiger partial charge in [-0.2, -0.15) is 0 Å². The molecule has 0 aliphatic heterocycles. The van der Waals surface area contributed by atoms with Gasteiger partial charge in [0.1, 0.15) is 5.82 Å². The molecule has 0 radical (unpaired) electrons. The van der Waals surface area contributed by atoms with Crippen LogP contribution in [0.4, 0.5) is 4.39 Å². The van der Waals surface area contributed by atoms with Crippen molar-refractivity contribution < 1.29 is 4.39 Å². The minimum atomic E-state index is -0.203. The zero-order valence-electron chi connectivity index (χ0n) is 12.8. The lowest BCUT2D eigenvalue weighted by atomic mass is 9.87. The quantitative estimate of drug-likeness (QED) is 0.815. The maximum atomic E-state index is 13.3. The van der Waals surface area contributed by atoms with E-state index in [1.54, 1.807) is 23.9 Å². The van der Waals surface area contributed by atoms with Gasteiger partial charge in [-0.15, -0.1) is 11.8 Å². The van der Waals surface area contributed by atoms with E-state index in [-0.39, 0.29) is 11.2 Å². The van der Waals surface area contributed by atoms with Crippen molar-refractivity contribution in [2.45, 2.75) is 43.4 Å². The number of halogens is 1. The fraction of sp³-hybridized carbons (Fsp3) is 0.333. The SMILES string of the molecule is CC(C)(C)c1ccc(SCc2cc(F)ccc2CN)cc1. The molecule has 2 aromatic rings. The van der Waals surface area contributed by atoms with Gasteiger partial charge < -0.3 is 5.73 Å². The number of thioether (sulfide) groups is 1. The third-order valence-corrected chi connectivity index (χ3v) is 4.56. The molecule has 21 heavy (non-hydrogen) atoms. The van der Waals surface area contributed by atoms with Crippen molar-refractivity contribution in [1.82, 2.24) is 0 Å². The maximum absolute atomic E-state index is 13.3. The van der Waals surface area contributed by atoms with Gasteiger partial charge >= 0.3 is 0 Å². The van der Waals surface area contributed by atoms with Crippen LogP contribution in [0.3, 0.4) is 0 Å². The summed E-state index contributed by atoms with van der Waals surface area (Å²) in [6.45, 7) is 7.05. The Hall–Kier alpha value is -1.32. The molecule has 2 rings (SSSR count). The molecule has 0 fully saturated rings. The largest absolute Gasteiger partial charge is 0.326 e. The number of benzene rings is 2. The van der Waals surface area contributed by atoms with Gasteiger partial charge in [-0.25, -0.2) is 4.39 Å². The summed E-state index contributed by atoms with van der Waals surface area (Å²) < 4.78 is 13.3. The van der Waals surface area contributed by atoms with Crippen molar-refractivity contribution in [1.29, 1.82) is 0 Å². The van der Waals surface area contributed by atoms with Crippen molar-refractivity contribution >= 4 is 11.8 Å². The van der Waals surface area contributed by atoms with Gasteiger partial charge in [0, 0.05) is 17.2 Å². The van der Waals surface area contributed by atoms with E-state index in [0.29, 0.717) is 6.54 Å². The van der Waals surface area contributed by atoms with Crippen molar-refractivity contribution in [3.8, 4) is 0 Å². The Morgan fingerprint density at radius 1 is 1.00 bits per heavy atom. The first-order chi connectivity index (χ1) is 9.90. The summed E-state index contributed by atoms with van der Waals surface area (Å²) in [6, 6.07) is 13.4. The van der Waals surface area contributed by atoms with Crippen LogP contribution in [0.15, 0.2) is 47.4 Å². The lowest BCUT2D eigenvalue weighted by molar-refractivity contribution is 0.590. The molecule has 2 N–H and O–H groups in total. The van der Waals surface area contributed by atoms with E-state index in [1.807, 2.05) is 0 Å². The molecule has 3 heteroatoms. The Labute approximate surface area is 130 Å². The molecular weight excluding hydrogens is 281 g/mol. The third-order valence-electron chi connectivity index (χ3n) is 3.50. The average Bonchev–Trinajstić information content (AvgIpc) is 2.45. The summed E-state index contributed by atoms with van der Waals surface area (Å²) in [4.78, 5) is 1.19. The molecule has 0 saturated heterocycles. The summed E-state index contributed by atoms with van der Waals surface area (Å²) in [5.74, 6) is 0.532. The van der Waals surface area contributed by atoms with E-state index in [0.717, 1.165) is 16.9 Å². The molecule has 112 valence electrons. The second-order valence-electron chi connectivity index (χ2n) is 6.18. The maximum Gasteiger partial charge on any atom is 0.123 e. The zero-order chi connectivity index (χ0) is 15.5. The molecule has 0 aliphatic carbocycles. The van der Waals surface area contributed by atoms with Gasteiger partial charge in [0.05, 0.1) is 0 Å². The van der Waals surface area contributed by atoms with Gasteiger partial charge in [-0.1, -0.05) is 39.0 Å². The van der Waals surface area contributed by atoms with E-state index in [4.69, 9.17) is 5.73 Å². The molecule has 2 aromatic carbocycles. The molecule has 0 bridgehead atoms. The summed E-state index contributed by atoms with van der Waals surface area (Å²) in [7, 11) is 0. The van der Waals surface area contributed by atoms with E-state index in [1.165, 1.54) is 16.5 Å². The van der Waals surface area contributed by atoms with Crippen LogP contribution in [0.1, 0.15) is 37.5 Å². The van der Waals surface area contributed by atoms with Gasteiger partial charge in [0.15, 0.2) is 0 Å². The lowest BCUT2D eigenvalue weighted by Crippen LogP contribution is -2.10. The Bertz CT molecular complexity index is 600. The van der Waals surface area contributed by atoms with Crippen molar-refractivity contribution in [2.75, 3.05) is 0 Å². The van der Waals surface area contributed by atoms with Crippen LogP contribution in [0, 0.1) is 5.82 Å². The second-order valence-corrected chi connectivity index (χ2v) is 7.23. The van der Waals surface area contributed by atoms with E-state index in [2.05, 4.69) is 45.0 Å². The molecule has 0 aromatic heterocycles. The van der Waals surface area contributed by atoms with Gasteiger partial charge in [0.25, 0.3) is 0 Å². The van der Waals surface area contributed by atoms with E-state index < -0.39 is 0 Å². The molecule has 0 aliphatic rings. The summed E-state index contributed by atoms with van der Waals surface area (Å²) in [6.07, 6.45) is 0. The predicted molar refractivity (Wildman–Crippen MR) is 89.0 cm³/mol. The summed E-state index contributed by atoms with van der Waals surface area (Å²) >= 11 is 1.71. The minimum Gasteiger partial charge on any atom is -0.326 e. The van der Waals surface area contributed by atoms with Crippen LogP contribution in [0.2, 0.25) is 0 Å². The minimum absolute atomic E-state index is 0.165. The Kier molecular flexibility index (Phi) is 5.07. The lowest BCUT2D eigenvalue weighted by Gasteiger charge is -2.19. The highest BCUT2D eigenvalue weighted by Crippen LogP contribution is 2.28. The van der Waals surface area contributed by atoms with Crippen LogP contribution in [-0.2, 0) is 17.7 Å². The zero-order valence-corrected chi connectivity index (χ0v) is 13.6. The topological polar surface area (TPSA) is 26.0 Å². The molecule has 0 spiro atoms. The first-order valence-electron chi connectivity index (χ1n) is 7.11. The van der Waals surface area contributed by atoms with Crippen LogP contribution < -0.4 is 5.73 Å². The van der Waals surface area contributed by atoms with Crippen molar-refractivity contribution in [2.24, 2.45) is 5.73 Å². The van der Waals surface area contributed by atoms with Crippen LogP contribution in [-0.4, -0.2) is 0 Å². The molecule has 0 atom stereocenters. The molecule has 1 nitrogen and oxygen atoms in total. The first kappa shape index (κ1) is 16.1. The number of nitrogens with two attached hydrogens (primary N) is 1. The van der Waals surface area contributed by atoms with Crippen LogP contribution in [0.25, 0.3) is 0 Å². The molecule has 0 heterocycles. The second kappa shape index (κ2) is 6.63. The fourth-order valence-corrected chi connectivity index (χ4v) is 3.06.